The van der Waals surface area contributed by atoms with Gasteiger partial charge in [0.1, 0.15) is 16.8 Å². The lowest BCUT2D eigenvalue weighted by molar-refractivity contribution is -0.227. The second kappa shape index (κ2) is 31.0. The molecule has 0 bridgehead atoms. The Morgan fingerprint density at radius 2 is 1.20 bits per heavy atom. The topological polar surface area (TPSA) is 175 Å². The molecule has 0 radical (unpaired) electrons. The molecule has 15 nitrogen and oxygen atoms in total. The number of alkyl carbamates (subject to hydrolysis) is 3. The van der Waals surface area contributed by atoms with Crippen molar-refractivity contribution in [2.45, 2.75) is 241 Å². The fourth-order valence-electron chi connectivity index (χ4n) is 13.7. The quantitative estimate of drug-likeness (QED) is 0.0295. The summed E-state index contributed by atoms with van der Waals surface area (Å²) in [4.78, 5) is 53.2. The predicted molar refractivity (Wildman–Crippen MR) is 303 cm³/mol. The molecular formula is C61H111N5O10. The van der Waals surface area contributed by atoms with Crippen molar-refractivity contribution >= 4 is 24.2 Å². The summed E-state index contributed by atoms with van der Waals surface area (Å²) in [6.45, 7) is 36.1. The fraction of sp³-hybridized carbons (Fsp3) is 0.902. The normalized spacial score (nSPS) is 27.8. The summed E-state index contributed by atoms with van der Waals surface area (Å²) < 4.78 is 37.6. The van der Waals surface area contributed by atoms with Gasteiger partial charge in [-0.1, -0.05) is 65.9 Å². The molecular weight excluding hydrogens is 963 g/mol. The van der Waals surface area contributed by atoms with Gasteiger partial charge < -0.3 is 54.6 Å². The van der Waals surface area contributed by atoms with Crippen molar-refractivity contribution < 1.29 is 47.6 Å². The van der Waals surface area contributed by atoms with Gasteiger partial charge in [0.05, 0.1) is 24.9 Å². The van der Waals surface area contributed by atoms with E-state index in [-0.39, 0.29) is 35.0 Å². The van der Waals surface area contributed by atoms with Gasteiger partial charge in [-0.05, 0) is 187 Å². The highest BCUT2D eigenvalue weighted by molar-refractivity contribution is 5.78. The summed E-state index contributed by atoms with van der Waals surface area (Å²) in [6.07, 6.45) is 19.2. The van der Waals surface area contributed by atoms with Gasteiger partial charge in [0.15, 0.2) is 0 Å². The summed E-state index contributed by atoms with van der Waals surface area (Å²) in [6, 6.07) is 0. The third-order valence-electron chi connectivity index (χ3n) is 17.2. The molecule has 0 aromatic carbocycles. The van der Waals surface area contributed by atoms with Crippen LogP contribution in [0.15, 0.2) is 12.7 Å². The Morgan fingerprint density at radius 1 is 0.658 bits per heavy atom. The van der Waals surface area contributed by atoms with Crippen LogP contribution >= 0.6 is 0 Å². The van der Waals surface area contributed by atoms with Gasteiger partial charge in [-0.2, -0.15) is 0 Å². The van der Waals surface area contributed by atoms with Crippen molar-refractivity contribution in [3.63, 3.8) is 0 Å². The van der Waals surface area contributed by atoms with E-state index in [0.29, 0.717) is 107 Å². The zero-order chi connectivity index (χ0) is 56.2. The van der Waals surface area contributed by atoms with Crippen molar-refractivity contribution in [3.05, 3.63) is 12.7 Å². The molecule has 0 heterocycles. The maximum absolute atomic E-state index is 13.6. The van der Waals surface area contributed by atoms with Crippen LogP contribution in [0.3, 0.4) is 0 Å². The summed E-state index contributed by atoms with van der Waals surface area (Å²) in [7, 11) is 0. The zero-order valence-corrected chi connectivity index (χ0v) is 50.3. The van der Waals surface area contributed by atoms with Crippen molar-refractivity contribution in [1.82, 2.24) is 26.2 Å². The molecule has 4 unspecified atom stereocenters. The molecule has 0 aromatic rings. The number of carbonyl (C=O) groups excluding carboxylic acids is 4. The predicted octanol–water partition coefficient (Wildman–Crippen LogP) is 12.1. The van der Waals surface area contributed by atoms with E-state index in [4.69, 9.17) is 28.4 Å². The monoisotopic (exact) mass is 1070 g/mol. The van der Waals surface area contributed by atoms with Crippen molar-refractivity contribution in [2.75, 3.05) is 65.6 Å². The Labute approximate surface area is 461 Å². The van der Waals surface area contributed by atoms with Crippen LogP contribution in [-0.2, 0) is 33.2 Å². The van der Waals surface area contributed by atoms with Gasteiger partial charge >= 0.3 is 18.3 Å². The molecule has 4 rings (SSSR count). The highest BCUT2D eigenvalue weighted by Crippen LogP contribution is 2.69. The van der Waals surface area contributed by atoms with Crippen molar-refractivity contribution in [1.29, 1.82) is 0 Å². The second-order valence-electron chi connectivity index (χ2n) is 26.6. The Balaban J connectivity index is 1.57. The van der Waals surface area contributed by atoms with Gasteiger partial charge in [0.2, 0.25) is 5.91 Å². The molecule has 440 valence electrons. The number of fused-ring (bicyclic) bond motifs is 5. The van der Waals surface area contributed by atoms with E-state index in [9.17, 15) is 19.2 Å². The lowest BCUT2D eigenvalue weighted by atomic mass is 9.43. The van der Waals surface area contributed by atoms with E-state index < -0.39 is 35.1 Å². The number of ether oxygens (including phenoxy) is 6. The summed E-state index contributed by atoms with van der Waals surface area (Å²) in [5, 5.41) is 12.0. The van der Waals surface area contributed by atoms with Gasteiger partial charge in [0.25, 0.3) is 0 Å². The van der Waals surface area contributed by atoms with E-state index in [1.165, 1.54) is 25.7 Å². The van der Waals surface area contributed by atoms with E-state index in [2.05, 4.69) is 60.4 Å². The molecule has 4 N–H and O–H groups in total. The van der Waals surface area contributed by atoms with Crippen molar-refractivity contribution in [2.24, 2.45) is 46.3 Å². The minimum atomic E-state index is -0.570. The van der Waals surface area contributed by atoms with Crippen LogP contribution in [0.2, 0.25) is 0 Å². The SMILES string of the molecule is C=CCNCC(=O)N(CCCCCCCC)CCC[C@@H](C)[C@H]1CCC2C3C(C[C@H](OCCCNC(=O)OC(C)(C)C)[C@@]21C)[C@@]1(C)CC[C@@H](OCCCNC(=O)OC(C)(C)C)CC1C[C@H]3OCCCNC(=O)OC(C)(C)C. The summed E-state index contributed by atoms with van der Waals surface area (Å²) >= 11 is 0. The first-order valence-corrected chi connectivity index (χ1v) is 30.2. The van der Waals surface area contributed by atoms with Crippen LogP contribution < -0.4 is 21.3 Å². The molecule has 4 fully saturated rings. The minimum Gasteiger partial charge on any atom is -0.444 e. The molecule has 0 aromatic heterocycles. The van der Waals surface area contributed by atoms with Crippen LogP contribution in [0.5, 0.6) is 0 Å². The highest BCUT2D eigenvalue weighted by Gasteiger charge is 2.66. The Kier molecular flexibility index (Phi) is 26.7. The maximum atomic E-state index is 13.6. The number of nitrogens with zero attached hydrogens (tertiary/aromatic N) is 1. The van der Waals surface area contributed by atoms with Gasteiger partial charge in [-0.15, -0.1) is 6.58 Å². The average Bonchev–Trinajstić information content (AvgIpc) is 3.68. The first kappa shape index (κ1) is 65.4. The number of rotatable bonds is 31. The smallest absolute Gasteiger partial charge is 0.407 e. The van der Waals surface area contributed by atoms with Crippen LogP contribution in [0.4, 0.5) is 14.4 Å². The van der Waals surface area contributed by atoms with Crippen LogP contribution in [0.25, 0.3) is 0 Å². The molecule has 4 saturated carbocycles. The largest absolute Gasteiger partial charge is 0.444 e. The molecule has 4 amide bonds. The molecule has 0 spiro atoms. The molecule has 76 heavy (non-hydrogen) atoms. The maximum Gasteiger partial charge on any atom is 0.407 e. The lowest BCUT2D eigenvalue weighted by Gasteiger charge is -2.65. The first-order chi connectivity index (χ1) is 35.8. The summed E-state index contributed by atoms with van der Waals surface area (Å²) in [5.74, 6) is 2.54. The van der Waals surface area contributed by atoms with Gasteiger partial charge in [0, 0.05) is 64.5 Å². The molecule has 4 aliphatic rings. The molecule has 4 aliphatic carbocycles. The highest BCUT2D eigenvalue weighted by atomic mass is 16.6. The minimum absolute atomic E-state index is 0.0256. The van der Waals surface area contributed by atoms with E-state index >= 15 is 0 Å². The van der Waals surface area contributed by atoms with Crippen LogP contribution in [0.1, 0.15) is 206 Å². The van der Waals surface area contributed by atoms with Gasteiger partial charge in [-0.3, -0.25) is 4.79 Å². The van der Waals surface area contributed by atoms with E-state index in [1.807, 2.05) is 62.3 Å². The number of nitrogens with one attached hydrogen (secondary N) is 4. The van der Waals surface area contributed by atoms with Crippen molar-refractivity contribution in [3.8, 4) is 0 Å². The number of carbonyl (C=O) groups is 4. The number of unbranched alkanes of at least 4 members (excludes halogenated alkanes) is 5. The summed E-state index contributed by atoms with van der Waals surface area (Å²) in [5.41, 5.74) is -1.73. The second-order valence-corrected chi connectivity index (χ2v) is 26.6. The average molecular weight is 1070 g/mol. The number of hydrogen-bond donors (Lipinski definition) is 4. The third kappa shape index (κ3) is 21.2. The fourth-order valence-corrected chi connectivity index (χ4v) is 13.7. The Bertz CT molecular complexity index is 1760. The molecule has 11 atom stereocenters. The Hall–Kier alpha value is -3.14. The van der Waals surface area contributed by atoms with E-state index in [1.54, 1.807) is 6.08 Å². The van der Waals surface area contributed by atoms with Gasteiger partial charge in [-0.25, -0.2) is 14.4 Å². The third-order valence-corrected chi connectivity index (χ3v) is 17.2. The molecule has 0 saturated heterocycles. The Morgan fingerprint density at radius 3 is 1.76 bits per heavy atom. The number of hydrogen-bond acceptors (Lipinski definition) is 11. The first-order valence-electron chi connectivity index (χ1n) is 30.2. The van der Waals surface area contributed by atoms with E-state index in [0.717, 1.165) is 83.7 Å². The van der Waals surface area contributed by atoms with Crippen LogP contribution in [-0.4, -0.2) is 130 Å². The zero-order valence-electron chi connectivity index (χ0n) is 50.3. The molecule has 15 heteroatoms. The molecule has 0 aliphatic heterocycles. The lowest BCUT2D eigenvalue weighted by Crippen LogP contribution is -2.63. The standard InChI is InChI=1S/C61H111N5O10/c1-15-17-18-19-20-21-35-66(52(67)43-62-31-16-2)36-22-26-44(3)47-27-28-48-53-49(42-51(61(47,48)14)73-39-25-34-65-56(70)76-59(10,11)12)60(13)30-29-46(71-37-23-32-63-54(68)74-57(4,5)6)40-45(60)41-50(53)72-38-24-33-64-55(69)75-58(7,8)9/h16,44-51,53,62H,2,15,17-43H2,1,3-14H3,(H,63,68)(H,64,69)(H,65,70)/t44-,45?,46-,47-,48?,49?,50-,51+,53?,60+,61-/m1/s1. The van der Waals surface area contributed by atoms with Crippen LogP contribution in [0, 0.1) is 46.3 Å². The number of amides is 4.